The quantitative estimate of drug-likeness (QED) is 0.215. The molecule has 3 aromatic carbocycles. The average molecular weight is 507 g/mol. The lowest BCUT2D eigenvalue weighted by Gasteiger charge is -2.14. The Kier molecular flexibility index (Phi) is 6.98. The summed E-state index contributed by atoms with van der Waals surface area (Å²) in [6, 6.07) is 17.9. The van der Waals surface area contributed by atoms with Crippen LogP contribution in [0, 0.1) is 17.0 Å². The summed E-state index contributed by atoms with van der Waals surface area (Å²) in [7, 11) is 0. The van der Waals surface area contributed by atoms with Gasteiger partial charge in [0.25, 0.3) is 17.7 Å². The number of hydrazine groups is 1. The molecule has 0 atom stereocenters. The zero-order valence-electron chi connectivity index (χ0n) is 18.9. The van der Waals surface area contributed by atoms with Gasteiger partial charge >= 0.3 is 5.69 Å². The van der Waals surface area contributed by atoms with Gasteiger partial charge in [0.15, 0.2) is 6.61 Å². The largest absolute Gasteiger partial charge is 0.476 e. The standard InChI is InChI=1S/C25H19ClN4O6/c1-15-7-5-6-10-20(15)27-22(31)14-36-23-16(11-17(26)13-21(23)30(34)35)12-19-24(32)28-29(25(19)33)18-8-3-2-4-9-18/h2-13H,14H2,1H3,(H,27,31)(H,28,32)/b19-12-. The van der Waals surface area contributed by atoms with Crippen LogP contribution in [0.15, 0.2) is 72.3 Å². The van der Waals surface area contributed by atoms with Crippen molar-refractivity contribution in [3.05, 3.63) is 98.6 Å². The first-order chi connectivity index (χ1) is 17.2. The highest BCUT2D eigenvalue weighted by Crippen LogP contribution is 2.36. The van der Waals surface area contributed by atoms with Gasteiger partial charge in [-0.25, -0.2) is 5.01 Å². The molecular weight excluding hydrogens is 488 g/mol. The second-order valence-corrected chi connectivity index (χ2v) is 8.16. The van der Waals surface area contributed by atoms with Crippen LogP contribution in [0.4, 0.5) is 17.1 Å². The van der Waals surface area contributed by atoms with Gasteiger partial charge in [0, 0.05) is 22.3 Å². The summed E-state index contributed by atoms with van der Waals surface area (Å²) in [6.45, 7) is 1.25. The Balaban J connectivity index is 1.65. The van der Waals surface area contributed by atoms with Gasteiger partial charge in [-0.2, -0.15) is 0 Å². The maximum Gasteiger partial charge on any atom is 0.313 e. The first-order valence-electron chi connectivity index (χ1n) is 10.6. The number of halogens is 1. The van der Waals surface area contributed by atoms with E-state index in [0.29, 0.717) is 11.4 Å². The van der Waals surface area contributed by atoms with E-state index in [2.05, 4.69) is 10.7 Å². The lowest BCUT2D eigenvalue weighted by molar-refractivity contribution is -0.385. The number of aryl methyl sites for hydroxylation is 1. The summed E-state index contributed by atoms with van der Waals surface area (Å²) >= 11 is 6.07. The Bertz CT molecular complexity index is 1410. The minimum absolute atomic E-state index is 0.00805. The van der Waals surface area contributed by atoms with Crippen molar-refractivity contribution in [3.8, 4) is 5.75 Å². The van der Waals surface area contributed by atoms with E-state index >= 15 is 0 Å². The maximum absolute atomic E-state index is 12.9. The Hall–Kier alpha value is -4.70. The third-order valence-electron chi connectivity index (χ3n) is 5.23. The smallest absolute Gasteiger partial charge is 0.313 e. The van der Waals surface area contributed by atoms with Gasteiger partial charge in [0.05, 0.1) is 10.6 Å². The van der Waals surface area contributed by atoms with Crippen molar-refractivity contribution in [2.75, 3.05) is 16.9 Å². The average Bonchev–Trinajstić information content (AvgIpc) is 3.13. The molecule has 1 heterocycles. The number of nitro groups is 1. The molecule has 1 aliphatic heterocycles. The topological polar surface area (TPSA) is 131 Å². The summed E-state index contributed by atoms with van der Waals surface area (Å²) < 4.78 is 5.54. The SMILES string of the molecule is Cc1ccccc1NC(=O)COc1c(/C=C2/C(=O)NN(c3ccccc3)C2=O)cc(Cl)cc1[N+](=O)[O-]. The molecule has 0 radical (unpaired) electrons. The fourth-order valence-electron chi connectivity index (χ4n) is 3.51. The molecule has 3 amide bonds. The van der Waals surface area contributed by atoms with E-state index < -0.39 is 34.9 Å². The Morgan fingerprint density at radius 3 is 2.53 bits per heavy atom. The van der Waals surface area contributed by atoms with E-state index in [4.69, 9.17) is 16.3 Å². The highest BCUT2D eigenvalue weighted by molar-refractivity contribution is 6.32. The van der Waals surface area contributed by atoms with Gasteiger partial charge in [0.2, 0.25) is 5.75 Å². The van der Waals surface area contributed by atoms with E-state index in [-0.39, 0.29) is 21.9 Å². The molecule has 0 aromatic heterocycles. The van der Waals surface area contributed by atoms with Crippen LogP contribution in [-0.4, -0.2) is 29.3 Å². The van der Waals surface area contributed by atoms with Gasteiger partial charge in [-0.3, -0.25) is 29.9 Å². The van der Waals surface area contributed by atoms with Crippen molar-refractivity contribution in [1.82, 2.24) is 5.43 Å². The highest BCUT2D eigenvalue weighted by atomic mass is 35.5. The minimum Gasteiger partial charge on any atom is -0.476 e. The number of anilines is 2. The van der Waals surface area contributed by atoms with Gasteiger partial charge in [-0.05, 0) is 42.8 Å². The van der Waals surface area contributed by atoms with E-state index in [0.717, 1.165) is 22.7 Å². The van der Waals surface area contributed by atoms with Crippen molar-refractivity contribution in [2.24, 2.45) is 0 Å². The van der Waals surface area contributed by atoms with Crippen LogP contribution in [0.25, 0.3) is 6.08 Å². The molecule has 1 fully saturated rings. The molecule has 2 N–H and O–H groups in total. The number of carbonyl (C=O) groups excluding carboxylic acids is 3. The van der Waals surface area contributed by atoms with Crippen LogP contribution < -0.4 is 20.5 Å². The molecular formula is C25H19ClN4O6. The Morgan fingerprint density at radius 1 is 1.14 bits per heavy atom. The fourth-order valence-corrected chi connectivity index (χ4v) is 3.73. The van der Waals surface area contributed by atoms with Gasteiger partial charge in [-0.15, -0.1) is 0 Å². The number of nitro benzene ring substituents is 1. The summed E-state index contributed by atoms with van der Waals surface area (Å²) in [5, 5.41) is 15.4. The van der Waals surface area contributed by atoms with Crippen LogP contribution in [0.2, 0.25) is 5.02 Å². The van der Waals surface area contributed by atoms with Crippen molar-refractivity contribution >= 4 is 52.5 Å². The van der Waals surface area contributed by atoms with E-state index in [1.807, 2.05) is 19.1 Å². The van der Waals surface area contributed by atoms with Crippen LogP contribution in [-0.2, 0) is 14.4 Å². The number of nitrogens with zero attached hydrogens (tertiary/aromatic N) is 2. The zero-order valence-corrected chi connectivity index (χ0v) is 19.6. The third-order valence-corrected chi connectivity index (χ3v) is 5.45. The Morgan fingerprint density at radius 2 is 1.83 bits per heavy atom. The molecule has 1 saturated heterocycles. The second-order valence-electron chi connectivity index (χ2n) is 7.73. The van der Waals surface area contributed by atoms with Crippen LogP contribution >= 0.6 is 11.6 Å². The number of rotatable bonds is 7. The van der Waals surface area contributed by atoms with E-state index in [1.165, 1.54) is 6.07 Å². The van der Waals surface area contributed by atoms with Crippen LogP contribution in [0.5, 0.6) is 5.75 Å². The molecule has 0 aliphatic carbocycles. The normalized spacial score (nSPS) is 14.1. The summed E-state index contributed by atoms with van der Waals surface area (Å²) in [4.78, 5) is 49.0. The molecule has 3 aromatic rings. The van der Waals surface area contributed by atoms with Crippen LogP contribution in [0.3, 0.4) is 0 Å². The number of nitrogens with one attached hydrogen (secondary N) is 2. The fraction of sp³-hybridized carbons (Fsp3) is 0.0800. The van der Waals surface area contributed by atoms with Gasteiger partial charge < -0.3 is 10.1 Å². The third kappa shape index (κ3) is 5.18. The molecule has 0 unspecified atom stereocenters. The number of ether oxygens (including phenoxy) is 1. The first-order valence-corrected chi connectivity index (χ1v) is 11.0. The Labute approximate surface area is 210 Å². The van der Waals surface area contributed by atoms with Crippen molar-refractivity contribution in [2.45, 2.75) is 6.92 Å². The predicted octanol–water partition coefficient (Wildman–Crippen LogP) is 4.04. The predicted molar refractivity (Wildman–Crippen MR) is 133 cm³/mol. The minimum atomic E-state index is -0.727. The molecule has 0 spiro atoms. The summed E-state index contributed by atoms with van der Waals surface area (Å²) in [5.74, 6) is -2.25. The maximum atomic E-state index is 12.9. The monoisotopic (exact) mass is 506 g/mol. The molecule has 182 valence electrons. The zero-order chi connectivity index (χ0) is 25.8. The number of hydrogen-bond donors (Lipinski definition) is 2. The molecule has 11 heteroatoms. The van der Waals surface area contributed by atoms with Gasteiger partial charge in [0.1, 0.15) is 5.57 Å². The number of benzene rings is 3. The highest BCUT2D eigenvalue weighted by Gasteiger charge is 2.35. The van der Waals surface area contributed by atoms with Crippen molar-refractivity contribution < 1.29 is 24.0 Å². The molecule has 36 heavy (non-hydrogen) atoms. The molecule has 4 rings (SSSR count). The van der Waals surface area contributed by atoms with E-state index in [1.54, 1.807) is 42.5 Å². The number of carbonyl (C=O) groups is 3. The lowest BCUT2D eigenvalue weighted by atomic mass is 10.1. The van der Waals surface area contributed by atoms with Gasteiger partial charge in [-0.1, -0.05) is 48.0 Å². The second kappa shape index (κ2) is 10.3. The molecule has 1 aliphatic rings. The first kappa shape index (κ1) is 24.4. The summed E-state index contributed by atoms with van der Waals surface area (Å²) in [5.41, 5.74) is 3.45. The number of para-hydroxylation sites is 2. The lowest BCUT2D eigenvalue weighted by Crippen LogP contribution is -2.35. The van der Waals surface area contributed by atoms with Crippen molar-refractivity contribution in [3.63, 3.8) is 0 Å². The van der Waals surface area contributed by atoms with E-state index in [9.17, 15) is 24.5 Å². The van der Waals surface area contributed by atoms with Crippen molar-refractivity contribution in [1.29, 1.82) is 0 Å². The van der Waals surface area contributed by atoms with Crippen LogP contribution in [0.1, 0.15) is 11.1 Å². The molecule has 0 saturated carbocycles. The number of hydrogen-bond acceptors (Lipinski definition) is 6. The molecule has 10 nitrogen and oxygen atoms in total. The number of amides is 3. The molecule has 0 bridgehead atoms. The summed E-state index contributed by atoms with van der Waals surface area (Å²) in [6.07, 6.45) is 1.15.